The van der Waals surface area contributed by atoms with Crippen LogP contribution in [0.4, 0.5) is 0 Å². The summed E-state index contributed by atoms with van der Waals surface area (Å²) in [5, 5.41) is 8.50. The van der Waals surface area contributed by atoms with E-state index in [4.69, 9.17) is 9.84 Å². The maximum Gasteiger partial charge on any atom is 0.311 e. The SMILES string of the molecule is CC(C)(C)C(=O)OCCSSCCO. The molecule has 0 aromatic carbocycles. The normalized spacial score (nSPS) is 11.4. The summed E-state index contributed by atoms with van der Waals surface area (Å²) >= 11 is 0. The van der Waals surface area contributed by atoms with E-state index in [1.165, 1.54) is 0 Å². The molecule has 0 aliphatic rings. The molecule has 0 radical (unpaired) electrons. The molecule has 84 valence electrons. The summed E-state index contributed by atoms with van der Waals surface area (Å²) in [5.74, 6) is 1.33. The van der Waals surface area contributed by atoms with E-state index >= 15 is 0 Å². The Morgan fingerprint density at radius 3 is 2.36 bits per heavy atom. The quantitative estimate of drug-likeness (QED) is 0.435. The molecule has 0 amide bonds. The number of carbonyl (C=O) groups excluding carboxylic acids is 1. The zero-order valence-electron chi connectivity index (χ0n) is 8.91. The van der Waals surface area contributed by atoms with Crippen LogP contribution in [0.2, 0.25) is 0 Å². The molecule has 0 bridgehead atoms. The fourth-order valence-electron chi connectivity index (χ4n) is 0.540. The molecule has 0 atom stereocenters. The van der Waals surface area contributed by atoms with Crippen molar-refractivity contribution < 1.29 is 14.6 Å². The predicted octanol–water partition coefficient (Wildman–Crippen LogP) is 1.95. The molecule has 1 N–H and O–H groups in total. The van der Waals surface area contributed by atoms with Crippen LogP contribution in [0.15, 0.2) is 0 Å². The minimum atomic E-state index is -0.414. The lowest BCUT2D eigenvalue weighted by Gasteiger charge is -2.16. The number of aliphatic hydroxyl groups excluding tert-OH is 1. The first-order valence-corrected chi connectivity index (χ1v) is 7.00. The van der Waals surface area contributed by atoms with E-state index in [2.05, 4.69) is 0 Å². The largest absolute Gasteiger partial charge is 0.464 e. The lowest BCUT2D eigenvalue weighted by molar-refractivity contribution is -0.152. The van der Waals surface area contributed by atoms with Crippen LogP contribution in [0, 0.1) is 5.41 Å². The lowest BCUT2D eigenvalue weighted by Crippen LogP contribution is -2.23. The fourth-order valence-corrected chi connectivity index (χ4v) is 2.14. The van der Waals surface area contributed by atoms with Gasteiger partial charge in [0.1, 0.15) is 6.61 Å². The topological polar surface area (TPSA) is 46.5 Å². The van der Waals surface area contributed by atoms with Crippen molar-refractivity contribution in [3.05, 3.63) is 0 Å². The van der Waals surface area contributed by atoms with E-state index in [9.17, 15) is 4.79 Å². The summed E-state index contributed by atoms with van der Waals surface area (Å²) in [7, 11) is 3.20. The van der Waals surface area contributed by atoms with E-state index in [0.717, 1.165) is 11.5 Å². The Bertz CT molecular complexity index is 166. The Labute approximate surface area is 93.4 Å². The first-order chi connectivity index (χ1) is 6.48. The van der Waals surface area contributed by atoms with Crippen molar-refractivity contribution in [1.29, 1.82) is 0 Å². The Balaban J connectivity index is 3.33. The molecule has 0 rings (SSSR count). The van der Waals surface area contributed by atoms with Gasteiger partial charge in [-0.15, -0.1) is 0 Å². The molecule has 0 unspecified atom stereocenters. The van der Waals surface area contributed by atoms with Gasteiger partial charge in [-0.1, -0.05) is 21.6 Å². The summed E-state index contributed by atoms with van der Waals surface area (Å²) in [6, 6.07) is 0. The third-order valence-corrected chi connectivity index (χ3v) is 3.62. The van der Waals surface area contributed by atoms with Crippen molar-refractivity contribution in [2.45, 2.75) is 20.8 Å². The average Bonchev–Trinajstić information content (AvgIpc) is 2.09. The number of ether oxygens (including phenoxy) is 1. The van der Waals surface area contributed by atoms with Crippen molar-refractivity contribution in [2.24, 2.45) is 5.41 Å². The summed E-state index contributed by atoms with van der Waals surface area (Å²) in [4.78, 5) is 11.3. The Kier molecular flexibility index (Phi) is 7.49. The highest BCUT2D eigenvalue weighted by Gasteiger charge is 2.22. The van der Waals surface area contributed by atoms with Gasteiger partial charge in [0.25, 0.3) is 0 Å². The molecule has 0 aliphatic heterocycles. The number of rotatable bonds is 6. The Hall–Kier alpha value is 0.130. The van der Waals surface area contributed by atoms with Gasteiger partial charge in [-0.3, -0.25) is 4.79 Å². The van der Waals surface area contributed by atoms with E-state index in [-0.39, 0.29) is 12.6 Å². The molecule has 0 fully saturated rings. The molecule has 5 heteroatoms. The number of esters is 1. The Morgan fingerprint density at radius 2 is 1.86 bits per heavy atom. The molecular weight excluding hydrogens is 220 g/mol. The second-order valence-electron chi connectivity index (χ2n) is 3.75. The number of carbonyl (C=O) groups is 1. The molecule has 3 nitrogen and oxygen atoms in total. The van der Waals surface area contributed by atoms with Crippen LogP contribution in [0.25, 0.3) is 0 Å². The minimum absolute atomic E-state index is 0.162. The first-order valence-electron chi connectivity index (χ1n) is 4.51. The summed E-state index contributed by atoms with van der Waals surface area (Å²) in [5.41, 5.74) is -0.414. The molecule has 0 aromatic heterocycles. The van der Waals surface area contributed by atoms with E-state index in [0.29, 0.717) is 6.61 Å². The van der Waals surface area contributed by atoms with Crippen LogP contribution < -0.4 is 0 Å². The molecule has 0 spiro atoms. The van der Waals surface area contributed by atoms with Gasteiger partial charge in [0.2, 0.25) is 0 Å². The maximum absolute atomic E-state index is 11.3. The van der Waals surface area contributed by atoms with Gasteiger partial charge in [-0.2, -0.15) is 0 Å². The highest BCUT2D eigenvalue weighted by molar-refractivity contribution is 8.76. The van der Waals surface area contributed by atoms with Crippen LogP contribution in [-0.4, -0.2) is 35.8 Å². The molecule has 0 saturated heterocycles. The van der Waals surface area contributed by atoms with Crippen molar-refractivity contribution >= 4 is 27.6 Å². The zero-order valence-corrected chi connectivity index (χ0v) is 10.5. The van der Waals surface area contributed by atoms with Crippen molar-refractivity contribution in [2.75, 3.05) is 24.7 Å². The maximum atomic E-state index is 11.3. The van der Waals surface area contributed by atoms with Gasteiger partial charge < -0.3 is 9.84 Å². The second-order valence-corrected chi connectivity index (χ2v) is 6.46. The van der Waals surface area contributed by atoms with Crippen molar-refractivity contribution in [3.63, 3.8) is 0 Å². The molecule has 0 aliphatic carbocycles. The van der Waals surface area contributed by atoms with Gasteiger partial charge in [-0.05, 0) is 20.8 Å². The van der Waals surface area contributed by atoms with Crippen molar-refractivity contribution in [3.8, 4) is 0 Å². The highest BCUT2D eigenvalue weighted by atomic mass is 33.1. The molecule has 0 heterocycles. The highest BCUT2D eigenvalue weighted by Crippen LogP contribution is 2.20. The number of hydrogen-bond acceptors (Lipinski definition) is 5. The molecule has 14 heavy (non-hydrogen) atoms. The van der Waals surface area contributed by atoms with Crippen LogP contribution in [0.5, 0.6) is 0 Å². The van der Waals surface area contributed by atoms with Gasteiger partial charge in [0, 0.05) is 11.5 Å². The summed E-state index contributed by atoms with van der Waals surface area (Å²) < 4.78 is 5.05. The zero-order chi connectivity index (χ0) is 11.0. The lowest BCUT2D eigenvalue weighted by atomic mass is 9.97. The monoisotopic (exact) mass is 238 g/mol. The van der Waals surface area contributed by atoms with E-state index in [1.54, 1.807) is 21.6 Å². The third kappa shape index (κ3) is 7.53. The number of hydrogen-bond donors (Lipinski definition) is 1. The average molecular weight is 238 g/mol. The molecular formula is C9H18O3S2. The van der Waals surface area contributed by atoms with Crippen LogP contribution >= 0.6 is 21.6 Å². The van der Waals surface area contributed by atoms with Crippen molar-refractivity contribution in [1.82, 2.24) is 0 Å². The first kappa shape index (κ1) is 14.1. The van der Waals surface area contributed by atoms with Gasteiger partial charge in [0.15, 0.2) is 0 Å². The summed E-state index contributed by atoms with van der Waals surface area (Å²) in [6.45, 7) is 6.15. The minimum Gasteiger partial charge on any atom is -0.464 e. The van der Waals surface area contributed by atoms with Crippen LogP contribution in [0.1, 0.15) is 20.8 Å². The molecule has 0 saturated carbocycles. The third-order valence-electron chi connectivity index (χ3n) is 1.27. The van der Waals surface area contributed by atoms with Crippen LogP contribution in [0.3, 0.4) is 0 Å². The standard InChI is InChI=1S/C9H18O3S2/c1-9(2,3)8(11)12-5-7-14-13-6-4-10/h10H,4-7H2,1-3H3. The predicted molar refractivity (Wildman–Crippen MR) is 62.4 cm³/mol. The van der Waals surface area contributed by atoms with Gasteiger partial charge in [-0.25, -0.2) is 0 Å². The van der Waals surface area contributed by atoms with Gasteiger partial charge >= 0.3 is 5.97 Å². The van der Waals surface area contributed by atoms with E-state index in [1.807, 2.05) is 20.8 Å². The fraction of sp³-hybridized carbons (Fsp3) is 0.889. The summed E-state index contributed by atoms with van der Waals surface area (Å²) in [6.07, 6.45) is 0. The smallest absolute Gasteiger partial charge is 0.311 e. The number of aliphatic hydroxyl groups is 1. The van der Waals surface area contributed by atoms with E-state index < -0.39 is 5.41 Å². The van der Waals surface area contributed by atoms with Gasteiger partial charge in [0.05, 0.1) is 12.0 Å². The second kappa shape index (κ2) is 7.43. The Morgan fingerprint density at radius 1 is 1.29 bits per heavy atom. The molecule has 0 aromatic rings. The van der Waals surface area contributed by atoms with Crippen LogP contribution in [-0.2, 0) is 9.53 Å².